The van der Waals surface area contributed by atoms with Gasteiger partial charge in [0.05, 0.1) is 6.61 Å². The average molecular weight is 343 g/mol. The van der Waals surface area contributed by atoms with E-state index >= 15 is 0 Å². The first-order valence-corrected chi connectivity index (χ1v) is 6.51. The molecule has 0 aromatic rings. The summed E-state index contributed by atoms with van der Waals surface area (Å²) >= 11 is 1.62. The lowest BCUT2D eigenvalue weighted by atomic mass is 10.2. The second-order valence-electron chi connectivity index (χ2n) is 4.32. The zero-order valence-electron chi connectivity index (χ0n) is 10.5. The van der Waals surface area contributed by atoms with Gasteiger partial charge >= 0.3 is 5.97 Å². The lowest BCUT2D eigenvalue weighted by Crippen LogP contribution is -2.43. The third-order valence-electron chi connectivity index (χ3n) is 2.16. The molecule has 0 saturated heterocycles. The zero-order valence-corrected chi connectivity index (χ0v) is 12.7. The first-order chi connectivity index (χ1) is 7.52. The predicted octanol–water partition coefficient (Wildman–Crippen LogP) is 2.26. The van der Waals surface area contributed by atoms with Crippen LogP contribution in [0.5, 0.6) is 0 Å². The van der Waals surface area contributed by atoms with E-state index in [1.165, 1.54) is 0 Å². The largest absolute Gasteiger partial charge is 0.393 e. The molecule has 0 aromatic carbocycles. The highest BCUT2D eigenvalue weighted by Crippen LogP contribution is 2.07. The van der Waals surface area contributed by atoms with Crippen LogP contribution in [0, 0.1) is 5.92 Å². The standard InChI is InChI=1S/C11H22INO3/c1-5-6-15-8-10(11(14)16-12)13(4)7-9(2)3/h9-10H,5-8H2,1-4H3. The van der Waals surface area contributed by atoms with Crippen molar-refractivity contribution in [1.29, 1.82) is 0 Å². The van der Waals surface area contributed by atoms with Gasteiger partial charge in [0.25, 0.3) is 0 Å². The lowest BCUT2D eigenvalue weighted by molar-refractivity contribution is -0.139. The van der Waals surface area contributed by atoms with Gasteiger partial charge in [-0.1, -0.05) is 20.8 Å². The molecule has 16 heavy (non-hydrogen) atoms. The molecule has 0 heterocycles. The number of halogens is 1. The Bertz CT molecular complexity index is 200. The summed E-state index contributed by atoms with van der Waals surface area (Å²) in [5, 5.41) is 0. The highest BCUT2D eigenvalue weighted by molar-refractivity contribution is 14.1. The van der Waals surface area contributed by atoms with E-state index in [4.69, 9.17) is 7.80 Å². The van der Waals surface area contributed by atoms with Gasteiger partial charge in [-0.3, -0.25) is 4.90 Å². The Kier molecular flexibility index (Phi) is 9.25. The summed E-state index contributed by atoms with van der Waals surface area (Å²) in [6, 6.07) is -0.300. The molecule has 1 unspecified atom stereocenters. The van der Waals surface area contributed by atoms with Crippen LogP contribution < -0.4 is 0 Å². The van der Waals surface area contributed by atoms with Crippen LogP contribution in [-0.4, -0.2) is 43.7 Å². The van der Waals surface area contributed by atoms with Gasteiger partial charge in [0.15, 0.2) is 23.0 Å². The molecule has 0 N–H and O–H groups in total. The molecule has 1 atom stereocenters. The van der Waals surface area contributed by atoms with Crippen LogP contribution in [0.15, 0.2) is 0 Å². The van der Waals surface area contributed by atoms with Gasteiger partial charge in [0, 0.05) is 13.2 Å². The normalized spacial score (nSPS) is 13.2. The fourth-order valence-corrected chi connectivity index (χ4v) is 1.76. The molecule has 0 rings (SSSR count). The van der Waals surface area contributed by atoms with Gasteiger partial charge < -0.3 is 7.80 Å². The van der Waals surface area contributed by atoms with E-state index in [0.29, 0.717) is 19.1 Å². The van der Waals surface area contributed by atoms with E-state index in [1.807, 2.05) is 18.9 Å². The highest BCUT2D eigenvalue weighted by Gasteiger charge is 2.25. The van der Waals surface area contributed by atoms with E-state index in [-0.39, 0.29) is 12.0 Å². The van der Waals surface area contributed by atoms with Crippen LogP contribution in [0.4, 0.5) is 0 Å². The molecule has 4 nitrogen and oxygen atoms in total. The van der Waals surface area contributed by atoms with Crippen LogP contribution >= 0.6 is 23.0 Å². The van der Waals surface area contributed by atoms with Gasteiger partial charge in [-0.25, -0.2) is 4.79 Å². The molecule has 0 aromatic heterocycles. The number of rotatable bonds is 8. The van der Waals surface area contributed by atoms with Crippen LogP contribution in [0.1, 0.15) is 27.2 Å². The summed E-state index contributed by atoms with van der Waals surface area (Å²) < 4.78 is 10.2. The molecular weight excluding hydrogens is 321 g/mol. The van der Waals surface area contributed by atoms with Crippen LogP contribution in [0.25, 0.3) is 0 Å². The Morgan fingerprint density at radius 1 is 1.44 bits per heavy atom. The van der Waals surface area contributed by atoms with Gasteiger partial charge in [-0.05, 0) is 19.4 Å². The summed E-state index contributed by atoms with van der Waals surface area (Å²) in [6.45, 7) is 8.22. The summed E-state index contributed by atoms with van der Waals surface area (Å²) in [6.07, 6.45) is 0.958. The van der Waals surface area contributed by atoms with Crippen molar-refractivity contribution in [3.05, 3.63) is 0 Å². The Labute approximate surface area is 112 Å². The number of ether oxygens (including phenoxy) is 1. The maximum atomic E-state index is 11.6. The zero-order chi connectivity index (χ0) is 12.6. The Balaban J connectivity index is 4.23. The second kappa shape index (κ2) is 9.18. The van der Waals surface area contributed by atoms with Gasteiger partial charge in [0.1, 0.15) is 6.04 Å². The highest BCUT2D eigenvalue weighted by atomic mass is 127. The van der Waals surface area contributed by atoms with Gasteiger partial charge in [-0.2, -0.15) is 0 Å². The van der Waals surface area contributed by atoms with Gasteiger partial charge in [0.2, 0.25) is 0 Å². The van der Waals surface area contributed by atoms with E-state index < -0.39 is 0 Å². The minimum atomic E-state index is -0.300. The molecule has 96 valence electrons. The van der Waals surface area contributed by atoms with E-state index in [0.717, 1.165) is 13.0 Å². The third-order valence-corrected chi connectivity index (χ3v) is 2.59. The summed E-state index contributed by atoms with van der Waals surface area (Å²) in [5.41, 5.74) is 0. The van der Waals surface area contributed by atoms with E-state index in [9.17, 15) is 4.79 Å². The maximum Gasteiger partial charge on any atom is 0.335 e. The molecule has 0 saturated carbocycles. The predicted molar refractivity (Wildman–Crippen MR) is 72.5 cm³/mol. The first kappa shape index (κ1) is 16.1. The van der Waals surface area contributed by atoms with Crippen molar-refractivity contribution in [3.63, 3.8) is 0 Å². The molecule has 0 aliphatic heterocycles. The van der Waals surface area contributed by atoms with Crippen molar-refractivity contribution in [1.82, 2.24) is 4.90 Å². The monoisotopic (exact) mass is 343 g/mol. The molecule has 0 aliphatic rings. The summed E-state index contributed by atoms with van der Waals surface area (Å²) in [4.78, 5) is 13.6. The van der Waals surface area contributed by atoms with Gasteiger partial charge in [-0.15, -0.1) is 0 Å². The number of carbonyl (C=O) groups excluding carboxylic acids is 1. The molecule has 0 amide bonds. The van der Waals surface area contributed by atoms with E-state index in [2.05, 4.69) is 13.8 Å². The van der Waals surface area contributed by atoms with Crippen LogP contribution in [0.2, 0.25) is 0 Å². The number of nitrogens with zero attached hydrogens (tertiary/aromatic N) is 1. The summed E-state index contributed by atoms with van der Waals surface area (Å²) in [7, 11) is 1.92. The van der Waals surface area contributed by atoms with Crippen molar-refractivity contribution in [2.45, 2.75) is 33.2 Å². The van der Waals surface area contributed by atoms with Crippen molar-refractivity contribution >= 4 is 29.0 Å². The number of carbonyl (C=O) groups is 1. The fraction of sp³-hybridized carbons (Fsp3) is 0.909. The maximum absolute atomic E-state index is 11.6. The molecule has 0 aliphatic carbocycles. The molecule has 5 heteroatoms. The van der Waals surface area contributed by atoms with Crippen molar-refractivity contribution in [2.24, 2.45) is 5.92 Å². The quantitative estimate of drug-likeness (QED) is 0.501. The first-order valence-electron chi connectivity index (χ1n) is 5.63. The molecule has 0 spiro atoms. The minimum absolute atomic E-state index is 0.236. The van der Waals surface area contributed by atoms with Crippen molar-refractivity contribution in [2.75, 3.05) is 26.8 Å². The van der Waals surface area contributed by atoms with E-state index in [1.54, 1.807) is 23.0 Å². The number of hydrogen-bond acceptors (Lipinski definition) is 4. The Morgan fingerprint density at radius 2 is 2.06 bits per heavy atom. The smallest absolute Gasteiger partial charge is 0.335 e. The SMILES string of the molecule is CCCOCC(C(=O)OI)N(C)CC(C)C. The van der Waals surface area contributed by atoms with Crippen LogP contribution in [-0.2, 0) is 12.6 Å². The molecular formula is C11H22INO3. The molecule has 0 fully saturated rings. The third kappa shape index (κ3) is 6.65. The summed E-state index contributed by atoms with van der Waals surface area (Å²) in [5.74, 6) is 0.278. The minimum Gasteiger partial charge on any atom is -0.393 e. The van der Waals surface area contributed by atoms with Crippen LogP contribution in [0.3, 0.4) is 0 Å². The molecule has 0 radical (unpaired) electrons. The fourth-order valence-electron chi connectivity index (χ4n) is 1.47. The average Bonchev–Trinajstić information content (AvgIpc) is 2.22. The van der Waals surface area contributed by atoms with Crippen molar-refractivity contribution in [3.8, 4) is 0 Å². The van der Waals surface area contributed by atoms with Crippen molar-refractivity contribution < 1.29 is 12.6 Å². The number of hydrogen-bond donors (Lipinski definition) is 0. The second-order valence-corrected chi connectivity index (χ2v) is 4.76. The lowest BCUT2D eigenvalue weighted by Gasteiger charge is -2.26. The molecule has 0 bridgehead atoms. The number of likely N-dealkylation sites (N-methyl/N-ethyl adjacent to an activating group) is 1. The topological polar surface area (TPSA) is 38.8 Å². The Morgan fingerprint density at radius 3 is 2.50 bits per heavy atom. The Hall–Kier alpha value is 0.120.